The van der Waals surface area contributed by atoms with E-state index >= 15 is 0 Å². The van der Waals surface area contributed by atoms with Gasteiger partial charge >= 0.3 is 0 Å². The minimum Gasteiger partial charge on any atom is -0.354 e. The summed E-state index contributed by atoms with van der Waals surface area (Å²) in [6.07, 6.45) is 2.02. The average Bonchev–Trinajstić information content (AvgIpc) is 2.99. The second kappa shape index (κ2) is 6.02. The normalized spacial score (nSPS) is 24.1. The quantitative estimate of drug-likeness (QED) is 0.837. The fraction of sp³-hybridized carbons (Fsp3) is 0.688. The summed E-state index contributed by atoms with van der Waals surface area (Å²) < 4.78 is 26.4. The molecule has 1 aromatic heterocycles. The second-order valence-electron chi connectivity index (χ2n) is 6.53. The van der Waals surface area contributed by atoms with Crippen LogP contribution in [0.1, 0.15) is 30.7 Å². The summed E-state index contributed by atoms with van der Waals surface area (Å²) in [5.41, 5.74) is 1.69. The number of halogens is 2. The highest BCUT2D eigenvalue weighted by molar-refractivity contribution is 5.80. The highest BCUT2D eigenvalue weighted by Gasteiger charge is 2.39. The molecule has 5 nitrogen and oxygen atoms in total. The van der Waals surface area contributed by atoms with E-state index in [1.807, 2.05) is 13.8 Å². The first-order valence-electron chi connectivity index (χ1n) is 8.07. The highest BCUT2D eigenvalue weighted by atomic mass is 19.3. The molecule has 0 aromatic carbocycles. The molecule has 3 rings (SSSR count). The summed E-state index contributed by atoms with van der Waals surface area (Å²) in [4.78, 5) is 25.1. The number of hydrogen-bond acceptors (Lipinski definition) is 4. The first kappa shape index (κ1) is 16.1. The van der Waals surface area contributed by atoms with Crippen molar-refractivity contribution in [3.05, 3.63) is 17.6 Å². The predicted molar refractivity (Wildman–Crippen MR) is 82.6 cm³/mol. The van der Waals surface area contributed by atoms with Gasteiger partial charge in [-0.25, -0.2) is 13.8 Å². The van der Waals surface area contributed by atoms with Gasteiger partial charge in [0.25, 0.3) is 5.92 Å². The number of anilines is 1. The van der Waals surface area contributed by atoms with Gasteiger partial charge in [0.2, 0.25) is 5.91 Å². The molecule has 0 N–H and O–H groups in total. The van der Waals surface area contributed by atoms with Gasteiger partial charge in [0.1, 0.15) is 5.82 Å². The molecular weight excluding hydrogens is 302 g/mol. The number of piperidine rings is 1. The molecule has 2 aliphatic heterocycles. The van der Waals surface area contributed by atoms with Crippen LogP contribution in [0.15, 0.2) is 6.20 Å². The van der Waals surface area contributed by atoms with Crippen molar-refractivity contribution in [3.8, 4) is 0 Å². The molecule has 0 spiro atoms. The van der Waals surface area contributed by atoms with Crippen molar-refractivity contribution in [1.29, 1.82) is 0 Å². The van der Waals surface area contributed by atoms with E-state index < -0.39 is 5.92 Å². The molecule has 23 heavy (non-hydrogen) atoms. The number of hydrogen-bond donors (Lipinski definition) is 0. The Morgan fingerprint density at radius 1 is 1.26 bits per heavy atom. The molecule has 2 aliphatic rings. The number of alkyl halides is 2. The Bertz CT molecular complexity index is 598. The number of carbonyl (C=O) groups is 1. The summed E-state index contributed by atoms with van der Waals surface area (Å²) >= 11 is 0. The monoisotopic (exact) mass is 324 g/mol. The van der Waals surface area contributed by atoms with E-state index in [1.54, 1.807) is 11.1 Å². The SMILES string of the molecule is Cc1cnc(C)c(N2CCC(C(=O)N3CCC(F)(F)CC3)C2)n1. The molecule has 3 heterocycles. The van der Waals surface area contributed by atoms with Gasteiger partial charge in [-0.3, -0.25) is 9.78 Å². The Balaban J connectivity index is 1.63. The van der Waals surface area contributed by atoms with Gasteiger partial charge in [-0.2, -0.15) is 0 Å². The number of likely N-dealkylation sites (tertiary alicyclic amines) is 1. The largest absolute Gasteiger partial charge is 0.354 e. The molecule has 0 radical (unpaired) electrons. The summed E-state index contributed by atoms with van der Waals surface area (Å²) in [5.74, 6) is -1.93. The summed E-state index contributed by atoms with van der Waals surface area (Å²) in [6.45, 7) is 5.45. The van der Waals surface area contributed by atoms with Crippen LogP contribution < -0.4 is 4.90 Å². The van der Waals surface area contributed by atoms with E-state index in [9.17, 15) is 13.6 Å². The zero-order valence-electron chi connectivity index (χ0n) is 13.6. The first-order valence-corrected chi connectivity index (χ1v) is 8.07. The van der Waals surface area contributed by atoms with E-state index in [1.165, 1.54) is 0 Å². The Kier molecular flexibility index (Phi) is 4.21. The molecular formula is C16H22F2N4O. The van der Waals surface area contributed by atoms with Gasteiger partial charge in [-0.15, -0.1) is 0 Å². The lowest BCUT2D eigenvalue weighted by atomic mass is 10.0. The van der Waals surface area contributed by atoms with Crippen LogP contribution in [0.25, 0.3) is 0 Å². The third-order valence-corrected chi connectivity index (χ3v) is 4.69. The van der Waals surface area contributed by atoms with Crippen molar-refractivity contribution in [2.45, 2.75) is 39.0 Å². The summed E-state index contributed by atoms with van der Waals surface area (Å²) in [7, 11) is 0. The third-order valence-electron chi connectivity index (χ3n) is 4.69. The average molecular weight is 324 g/mol. The van der Waals surface area contributed by atoms with Gasteiger partial charge in [-0.05, 0) is 20.3 Å². The van der Waals surface area contributed by atoms with E-state index in [-0.39, 0.29) is 37.8 Å². The lowest BCUT2D eigenvalue weighted by Crippen LogP contribution is -2.45. The number of rotatable bonds is 2. The topological polar surface area (TPSA) is 49.3 Å². The minimum atomic E-state index is -2.62. The summed E-state index contributed by atoms with van der Waals surface area (Å²) in [6, 6.07) is 0. The zero-order chi connectivity index (χ0) is 16.6. The van der Waals surface area contributed by atoms with Gasteiger partial charge < -0.3 is 9.80 Å². The number of amides is 1. The van der Waals surface area contributed by atoms with Gasteiger partial charge in [0.05, 0.1) is 17.3 Å². The zero-order valence-corrected chi connectivity index (χ0v) is 13.6. The van der Waals surface area contributed by atoms with Crippen LogP contribution in [0, 0.1) is 19.8 Å². The lowest BCUT2D eigenvalue weighted by Gasteiger charge is -2.33. The molecule has 2 fully saturated rings. The van der Waals surface area contributed by atoms with Crippen LogP contribution in [0.5, 0.6) is 0 Å². The Labute approximate surface area is 134 Å². The molecule has 2 saturated heterocycles. The molecule has 1 amide bonds. The van der Waals surface area contributed by atoms with Crippen molar-refractivity contribution in [2.75, 3.05) is 31.1 Å². The van der Waals surface area contributed by atoms with Crippen LogP contribution in [0.3, 0.4) is 0 Å². The van der Waals surface area contributed by atoms with Crippen molar-refractivity contribution < 1.29 is 13.6 Å². The van der Waals surface area contributed by atoms with Gasteiger partial charge in [0.15, 0.2) is 0 Å². The predicted octanol–water partition coefficient (Wildman–Crippen LogP) is 2.18. The van der Waals surface area contributed by atoms with Crippen LogP contribution in [0.4, 0.5) is 14.6 Å². The fourth-order valence-electron chi connectivity index (χ4n) is 3.29. The van der Waals surface area contributed by atoms with E-state index in [4.69, 9.17) is 0 Å². The highest BCUT2D eigenvalue weighted by Crippen LogP contribution is 2.30. The molecule has 126 valence electrons. The molecule has 1 aromatic rings. The molecule has 0 bridgehead atoms. The minimum absolute atomic E-state index is 0.00117. The van der Waals surface area contributed by atoms with Gasteiger partial charge in [0, 0.05) is 45.2 Å². The van der Waals surface area contributed by atoms with Crippen molar-refractivity contribution in [1.82, 2.24) is 14.9 Å². The third kappa shape index (κ3) is 3.43. The van der Waals surface area contributed by atoms with Crippen molar-refractivity contribution >= 4 is 11.7 Å². The molecule has 0 aliphatic carbocycles. The summed E-state index contributed by atoms with van der Waals surface area (Å²) in [5, 5.41) is 0. The van der Waals surface area contributed by atoms with Gasteiger partial charge in [-0.1, -0.05) is 0 Å². The van der Waals surface area contributed by atoms with Crippen LogP contribution >= 0.6 is 0 Å². The van der Waals surface area contributed by atoms with Crippen LogP contribution in [-0.4, -0.2) is 52.9 Å². The van der Waals surface area contributed by atoms with Crippen molar-refractivity contribution in [3.63, 3.8) is 0 Å². The molecule has 0 saturated carbocycles. The number of aryl methyl sites for hydroxylation is 2. The Hall–Kier alpha value is -1.79. The number of nitrogens with zero attached hydrogens (tertiary/aromatic N) is 4. The molecule has 1 atom stereocenters. The van der Waals surface area contributed by atoms with Crippen LogP contribution in [0.2, 0.25) is 0 Å². The maximum atomic E-state index is 13.2. The second-order valence-corrected chi connectivity index (χ2v) is 6.53. The fourth-order valence-corrected chi connectivity index (χ4v) is 3.29. The lowest BCUT2D eigenvalue weighted by molar-refractivity contribution is -0.140. The molecule has 1 unspecified atom stereocenters. The molecule has 7 heteroatoms. The van der Waals surface area contributed by atoms with Crippen molar-refractivity contribution in [2.24, 2.45) is 5.92 Å². The van der Waals surface area contributed by atoms with E-state index in [0.29, 0.717) is 6.54 Å². The maximum absolute atomic E-state index is 13.2. The Morgan fingerprint density at radius 2 is 1.96 bits per heavy atom. The number of aromatic nitrogens is 2. The smallest absolute Gasteiger partial charge is 0.251 e. The first-order chi connectivity index (χ1) is 10.9. The van der Waals surface area contributed by atoms with E-state index in [2.05, 4.69) is 14.9 Å². The standard InChI is InChI=1S/C16H22F2N4O/c1-11-9-19-12(2)14(20-11)22-6-3-13(10-22)15(23)21-7-4-16(17,18)5-8-21/h9,13H,3-8,10H2,1-2H3. The number of carbonyl (C=O) groups excluding carboxylic acids is 1. The van der Waals surface area contributed by atoms with E-state index in [0.717, 1.165) is 30.2 Å². The van der Waals surface area contributed by atoms with Crippen LogP contribution in [-0.2, 0) is 4.79 Å². The maximum Gasteiger partial charge on any atom is 0.251 e. The Morgan fingerprint density at radius 3 is 2.65 bits per heavy atom.